The second-order valence-electron chi connectivity index (χ2n) is 16.5. The zero-order valence-corrected chi connectivity index (χ0v) is 39.9. The van der Waals surface area contributed by atoms with Crippen molar-refractivity contribution in [1.82, 2.24) is 0 Å². The van der Waals surface area contributed by atoms with Gasteiger partial charge in [-0.1, -0.05) is 156 Å². The van der Waals surface area contributed by atoms with Gasteiger partial charge in [0.25, 0.3) is 0 Å². The van der Waals surface area contributed by atoms with Gasteiger partial charge in [-0.2, -0.15) is 0 Å². The van der Waals surface area contributed by atoms with E-state index in [0.29, 0.717) is 43.1 Å². The quantitative estimate of drug-likeness (QED) is 0.0136. The first-order valence-corrected chi connectivity index (χ1v) is 24.7. The first kappa shape index (κ1) is 58.9. The van der Waals surface area contributed by atoms with E-state index in [4.69, 9.17) is 18.5 Å². The van der Waals surface area contributed by atoms with Crippen molar-refractivity contribution in [3.8, 4) is 0 Å². The first-order valence-electron chi connectivity index (χ1n) is 23.2. The smallest absolute Gasteiger partial charge is 0.462 e. The summed E-state index contributed by atoms with van der Waals surface area (Å²) in [6.07, 6.45) is 46.7. The van der Waals surface area contributed by atoms with Gasteiger partial charge in [-0.25, -0.2) is 4.57 Å². The number of aliphatic hydroxyl groups is 2. The van der Waals surface area contributed by atoms with Crippen LogP contribution in [-0.4, -0.2) is 97.3 Å². The number of unbranched alkanes of at least 4 members (excludes halogenated alkanes) is 10. The highest BCUT2D eigenvalue weighted by Crippen LogP contribution is 2.43. The number of aliphatic hydroxyl groups excluding tert-OH is 2. The molecule has 0 bridgehead atoms. The number of esters is 2. The Morgan fingerprint density at radius 2 is 1.13 bits per heavy atom. The van der Waals surface area contributed by atoms with Crippen molar-refractivity contribution in [2.24, 2.45) is 0 Å². The molecule has 0 spiro atoms. The predicted molar refractivity (Wildman–Crippen MR) is 254 cm³/mol. The molecule has 0 heterocycles. The highest BCUT2D eigenvalue weighted by Gasteiger charge is 2.27. The van der Waals surface area contributed by atoms with E-state index in [2.05, 4.69) is 31.2 Å². The average Bonchev–Trinajstić information content (AvgIpc) is 3.21. The van der Waals surface area contributed by atoms with Crippen LogP contribution in [0.15, 0.2) is 97.2 Å². The highest BCUT2D eigenvalue weighted by atomic mass is 31.2. The average molecular weight is 891 g/mol. The van der Waals surface area contributed by atoms with E-state index in [1.54, 1.807) is 36.5 Å². The van der Waals surface area contributed by atoms with Gasteiger partial charge in [0.05, 0.1) is 40.0 Å². The molecule has 0 aliphatic rings. The van der Waals surface area contributed by atoms with Crippen molar-refractivity contribution < 1.29 is 52.3 Å². The number of quaternary nitrogens is 1. The van der Waals surface area contributed by atoms with Gasteiger partial charge < -0.3 is 29.1 Å². The molecule has 4 atom stereocenters. The van der Waals surface area contributed by atoms with Crippen molar-refractivity contribution in [3.05, 3.63) is 97.2 Å². The molecule has 0 radical (unpaired) electrons. The van der Waals surface area contributed by atoms with Crippen LogP contribution in [0, 0.1) is 0 Å². The summed E-state index contributed by atoms with van der Waals surface area (Å²) in [6, 6.07) is 0. The summed E-state index contributed by atoms with van der Waals surface area (Å²) in [5.74, 6) is -0.984. The van der Waals surface area contributed by atoms with Crippen LogP contribution >= 0.6 is 7.82 Å². The minimum Gasteiger partial charge on any atom is -0.462 e. The van der Waals surface area contributed by atoms with E-state index < -0.39 is 44.7 Å². The van der Waals surface area contributed by atoms with E-state index in [-0.39, 0.29) is 26.1 Å². The lowest BCUT2D eigenvalue weighted by atomic mass is 10.1. The van der Waals surface area contributed by atoms with E-state index >= 15 is 0 Å². The highest BCUT2D eigenvalue weighted by molar-refractivity contribution is 7.47. The zero-order valence-electron chi connectivity index (χ0n) is 39.0. The van der Waals surface area contributed by atoms with Crippen LogP contribution in [0.5, 0.6) is 0 Å². The van der Waals surface area contributed by atoms with Gasteiger partial charge in [0.2, 0.25) is 0 Å². The molecular formula is C50H85NO10P+. The largest absolute Gasteiger partial charge is 0.472 e. The summed E-state index contributed by atoms with van der Waals surface area (Å²) in [6.45, 7) is 3.97. The number of phosphoric acid groups is 1. The maximum absolute atomic E-state index is 12.7. The number of nitrogens with zero attached hydrogens (tertiary/aromatic N) is 1. The van der Waals surface area contributed by atoms with Crippen molar-refractivity contribution in [1.29, 1.82) is 0 Å². The molecule has 0 saturated carbocycles. The molecule has 12 heteroatoms. The van der Waals surface area contributed by atoms with Gasteiger partial charge in [0, 0.05) is 12.8 Å². The molecule has 0 rings (SSSR count). The molecule has 1 unspecified atom stereocenters. The third-order valence-electron chi connectivity index (χ3n) is 9.28. The summed E-state index contributed by atoms with van der Waals surface area (Å²) in [7, 11) is 1.35. The van der Waals surface area contributed by atoms with Crippen LogP contribution < -0.4 is 0 Å². The Morgan fingerprint density at radius 3 is 1.71 bits per heavy atom. The van der Waals surface area contributed by atoms with Gasteiger partial charge in [0.15, 0.2) is 6.10 Å². The fourth-order valence-corrected chi connectivity index (χ4v) is 6.34. The first-order chi connectivity index (χ1) is 29.8. The summed E-state index contributed by atoms with van der Waals surface area (Å²) < 4.78 is 34.2. The zero-order chi connectivity index (χ0) is 46.0. The van der Waals surface area contributed by atoms with Crippen molar-refractivity contribution in [2.75, 3.05) is 47.5 Å². The number of rotatable bonds is 40. The monoisotopic (exact) mass is 891 g/mol. The third-order valence-corrected chi connectivity index (χ3v) is 10.3. The van der Waals surface area contributed by atoms with E-state index in [9.17, 15) is 29.3 Å². The molecule has 0 saturated heterocycles. The lowest BCUT2D eigenvalue weighted by Crippen LogP contribution is -2.37. The Morgan fingerprint density at radius 1 is 0.597 bits per heavy atom. The molecule has 0 aromatic carbocycles. The van der Waals surface area contributed by atoms with E-state index in [1.807, 2.05) is 64.5 Å². The molecule has 0 aromatic rings. The van der Waals surface area contributed by atoms with E-state index in [1.165, 1.54) is 44.9 Å². The van der Waals surface area contributed by atoms with Gasteiger partial charge in [-0.3, -0.25) is 18.6 Å². The summed E-state index contributed by atoms with van der Waals surface area (Å²) in [5.41, 5.74) is 0. The number of phosphoric ester groups is 1. The molecular weight excluding hydrogens is 806 g/mol. The van der Waals surface area contributed by atoms with Gasteiger partial charge in [0.1, 0.15) is 19.8 Å². The Hall–Kier alpha value is -3.15. The fraction of sp³-hybridized carbons (Fsp3) is 0.640. The number of hydrogen-bond donors (Lipinski definition) is 3. The lowest BCUT2D eigenvalue weighted by molar-refractivity contribution is -0.870. The lowest BCUT2D eigenvalue weighted by Gasteiger charge is -2.24. The number of hydrogen-bond acceptors (Lipinski definition) is 9. The molecule has 3 N–H and O–H groups in total. The van der Waals surface area contributed by atoms with Gasteiger partial charge in [-0.15, -0.1) is 0 Å². The summed E-state index contributed by atoms with van der Waals surface area (Å²) in [5, 5.41) is 20.0. The molecule has 0 aliphatic heterocycles. The number of ether oxygens (including phenoxy) is 2. The molecule has 0 aliphatic carbocycles. The van der Waals surface area contributed by atoms with E-state index in [0.717, 1.165) is 38.5 Å². The molecule has 0 fully saturated rings. The van der Waals surface area contributed by atoms with Crippen molar-refractivity contribution in [3.63, 3.8) is 0 Å². The Labute approximate surface area is 376 Å². The standard InChI is InChI=1S/C50H84NO10P/c1-6-8-10-11-12-13-14-15-16-17-18-19-20-21-22-27-35-41-50(55)61-48(45-60-62(56,57)59-43-42-51(3,4)5)44-58-49(54)40-34-26-24-23-25-31-37-47(53)39-33-29-28-32-38-46(52)36-30-9-7-2/h9,12-13,15-16,24-26,28-33,38-39,46-48,52-53H,6-8,10-11,14,17-23,27,34-37,40-45H2,1-5H3/p+1/b13-12-,16-15-,26-24-,29-28-,30-9-,31-25-,38-32+,39-33+/t46-,47+,48-/m1/s1. The number of likely N-dealkylation sites (N-methyl/N-ethyl adjacent to an activating group) is 1. The Bertz CT molecular complexity index is 1410. The minimum atomic E-state index is -4.43. The normalized spacial score (nSPS) is 15.4. The molecule has 354 valence electrons. The number of allylic oxidation sites excluding steroid dienone is 12. The molecule has 11 nitrogen and oxygen atoms in total. The van der Waals surface area contributed by atoms with Crippen molar-refractivity contribution >= 4 is 19.8 Å². The van der Waals surface area contributed by atoms with Crippen molar-refractivity contribution in [2.45, 2.75) is 161 Å². The van der Waals surface area contributed by atoms with Gasteiger partial charge in [-0.05, 0) is 70.6 Å². The SMILES string of the molecule is CC/C=C\C[C@@H](O)/C=C/C=C\C=C\[C@@H](O)C/C=C\C/C=C\CCC(=O)OC[C@H](COP(=O)(O)OCC[N+](C)(C)C)OC(=O)CCCCCCCCC/C=C\C/C=C\CCCCC. The number of carbonyl (C=O) groups excluding carboxylic acids is 2. The molecule has 0 aromatic heterocycles. The minimum absolute atomic E-state index is 0.00481. The predicted octanol–water partition coefficient (Wildman–Crippen LogP) is 11.3. The summed E-state index contributed by atoms with van der Waals surface area (Å²) >= 11 is 0. The molecule has 0 amide bonds. The maximum atomic E-state index is 12.7. The van der Waals surface area contributed by atoms with Crippen LogP contribution in [0.2, 0.25) is 0 Å². The topological polar surface area (TPSA) is 149 Å². The van der Waals surface area contributed by atoms with Crippen LogP contribution in [0.3, 0.4) is 0 Å². The van der Waals surface area contributed by atoms with Crippen LogP contribution in [0.25, 0.3) is 0 Å². The Kier molecular flexibility index (Phi) is 38.5. The van der Waals surface area contributed by atoms with Gasteiger partial charge >= 0.3 is 19.8 Å². The third kappa shape index (κ3) is 43.5. The van der Waals surface area contributed by atoms with Crippen LogP contribution in [0.4, 0.5) is 0 Å². The Balaban J connectivity index is 4.59. The second-order valence-corrected chi connectivity index (χ2v) is 17.9. The maximum Gasteiger partial charge on any atom is 0.472 e. The molecule has 62 heavy (non-hydrogen) atoms. The fourth-order valence-electron chi connectivity index (χ4n) is 5.60. The van der Waals surface area contributed by atoms with Crippen LogP contribution in [0.1, 0.15) is 142 Å². The second kappa shape index (κ2) is 40.6. The summed E-state index contributed by atoms with van der Waals surface area (Å²) in [4.78, 5) is 35.4. The van der Waals surface area contributed by atoms with Crippen LogP contribution in [-0.2, 0) is 32.7 Å². The number of carbonyl (C=O) groups is 2.